The van der Waals surface area contributed by atoms with E-state index < -0.39 is 0 Å². The average Bonchev–Trinajstić information content (AvgIpc) is 2.99. The highest BCUT2D eigenvalue weighted by atomic mass is 35.5. The molecule has 0 aliphatic heterocycles. The summed E-state index contributed by atoms with van der Waals surface area (Å²) in [4.78, 5) is 8.02. The predicted octanol–water partition coefficient (Wildman–Crippen LogP) is 5.80. The smallest absolute Gasteiger partial charge is 0.137 e. The Kier molecular flexibility index (Phi) is 4.64. The van der Waals surface area contributed by atoms with Gasteiger partial charge in [0.15, 0.2) is 0 Å². The molecule has 0 amide bonds. The first kappa shape index (κ1) is 14.6. The predicted molar refractivity (Wildman–Crippen MR) is 88.6 cm³/mol. The number of halogens is 1. The summed E-state index contributed by atoms with van der Waals surface area (Å²) in [6, 6.07) is 7.84. The number of nitrogens with one attached hydrogen (secondary N) is 1. The molecule has 21 heavy (non-hydrogen) atoms. The molecule has 1 aromatic heterocycles. The lowest BCUT2D eigenvalue weighted by Gasteiger charge is -2.24. The summed E-state index contributed by atoms with van der Waals surface area (Å²) in [5.41, 5.74) is 2.35. The van der Waals surface area contributed by atoms with E-state index in [9.17, 15) is 0 Å². The molecule has 1 aliphatic rings. The fraction of sp³-hybridized carbons (Fsp3) is 0.500. The van der Waals surface area contributed by atoms with Crippen LogP contribution in [0.25, 0.3) is 11.4 Å². The first-order chi connectivity index (χ1) is 10.2. The molecule has 2 nitrogen and oxygen atoms in total. The molecule has 3 rings (SSSR count). The molecule has 112 valence electrons. The maximum Gasteiger partial charge on any atom is 0.137 e. The number of benzene rings is 1. The van der Waals surface area contributed by atoms with Gasteiger partial charge in [0.1, 0.15) is 5.82 Å². The van der Waals surface area contributed by atoms with Gasteiger partial charge in [-0.1, -0.05) is 50.6 Å². The van der Waals surface area contributed by atoms with Crippen LogP contribution in [0, 0.1) is 5.92 Å². The van der Waals surface area contributed by atoms with Gasteiger partial charge in [0.05, 0.1) is 0 Å². The van der Waals surface area contributed by atoms with Gasteiger partial charge in [-0.25, -0.2) is 4.98 Å². The maximum atomic E-state index is 5.93. The highest BCUT2D eigenvalue weighted by Crippen LogP contribution is 2.32. The van der Waals surface area contributed by atoms with E-state index in [0.29, 0.717) is 5.92 Å². The average molecular weight is 303 g/mol. The summed E-state index contributed by atoms with van der Waals surface area (Å²) >= 11 is 5.93. The normalized spacial score (nSPS) is 17.8. The maximum absolute atomic E-state index is 5.93. The van der Waals surface area contributed by atoms with Crippen LogP contribution in [0.1, 0.15) is 57.1 Å². The molecule has 1 atom stereocenters. The van der Waals surface area contributed by atoms with Crippen LogP contribution < -0.4 is 0 Å². The van der Waals surface area contributed by atoms with Crippen molar-refractivity contribution in [1.82, 2.24) is 9.97 Å². The molecule has 0 bridgehead atoms. The number of aromatic amines is 1. The number of aromatic nitrogens is 2. The van der Waals surface area contributed by atoms with Gasteiger partial charge in [-0.2, -0.15) is 0 Å². The summed E-state index contributed by atoms with van der Waals surface area (Å²) in [6.07, 6.45) is 10.3. The van der Waals surface area contributed by atoms with Crippen molar-refractivity contribution >= 4 is 11.6 Å². The van der Waals surface area contributed by atoms with Crippen LogP contribution in [-0.2, 0) is 0 Å². The lowest BCUT2D eigenvalue weighted by Crippen LogP contribution is -2.09. The van der Waals surface area contributed by atoms with Gasteiger partial charge in [-0.15, -0.1) is 0 Å². The van der Waals surface area contributed by atoms with E-state index in [4.69, 9.17) is 11.6 Å². The van der Waals surface area contributed by atoms with E-state index in [0.717, 1.165) is 22.3 Å². The van der Waals surface area contributed by atoms with E-state index in [-0.39, 0.29) is 0 Å². The minimum atomic E-state index is 0.557. The Morgan fingerprint density at radius 3 is 2.62 bits per heavy atom. The third-order valence-electron chi connectivity index (χ3n) is 4.66. The Labute approximate surface area is 131 Å². The fourth-order valence-corrected chi connectivity index (χ4v) is 3.52. The molecule has 1 aromatic carbocycles. The molecule has 0 radical (unpaired) electrons. The second-order valence-corrected chi connectivity index (χ2v) is 6.77. The molecule has 0 saturated heterocycles. The highest BCUT2D eigenvalue weighted by molar-refractivity contribution is 6.30. The van der Waals surface area contributed by atoms with E-state index >= 15 is 0 Å². The first-order valence-corrected chi connectivity index (χ1v) is 8.41. The van der Waals surface area contributed by atoms with Crippen molar-refractivity contribution in [2.75, 3.05) is 0 Å². The van der Waals surface area contributed by atoms with Crippen molar-refractivity contribution in [3.63, 3.8) is 0 Å². The molecular weight excluding hydrogens is 280 g/mol. The Morgan fingerprint density at radius 2 is 1.90 bits per heavy atom. The van der Waals surface area contributed by atoms with Crippen molar-refractivity contribution in [3.8, 4) is 11.4 Å². The summed E-state index contributed by atoms with van der Waals surface area (Å²) in [6.45, 7) is 2.31. The van der Waals surface area contributed by atoms with E-state index in [1.807, 2.05) is 30.5 Å². The molecule has 1 aliphatic carbocycles. The first-order valence-electron chi connectivity index (χ1n) is 8.03. The molecule has 1 N–H and O–H groups in total. The highest BCUT2D eigenvalue weighted by Gasteiger charge is 2.18. The number of rotatable bonds is 4. The Bertz CT molecular complexity index is 567. The minimum absolute atomic E-state index is 0.557. The minimum Gasteiger partial charge on any atom is -0.342 e. The number of H-pyrrole nitrogens is 1. The van der Waals surface area contributed by atoms with Crippen LogP contribution in [0.3, 0.4) is 0 Å². The zero-order valence-corrected chi connectivity index (χ0v) is 13.4. The Hall–Kier alpha value is -1.28. The second-order valence-electron chi connectivity index (χ2n) is 6.33. The molecule has 3 heteroatoms. The van der Waals surface area contributed by atoms with E-state index in [1.54, 1.807) is 0 Å². The van der Waals surface area contributed by atoms with Crippen LogP contribution in [0.5, 0.6) is 0 Å². The number of hydrogen-bond donors (Lipinski definition) is 1. The third kappa shape index (κ3) is 3.68. The Balaban J connectivity index is 1.67. The molecule has 1 saturated carbocycles. The Morgan fingerprint density at radius 1 is 1.19 bits per heavy atom. The van der Waals surface area contributed by atoms with E-state index in [1.165, 1.54) is 44.2 Å². The van der Waals surface area contributed by atoms with Gasteiger partial charge in [0.25, 0.3) is 0 Å². The summed E-state index contributed by atoms with van der Waals surface area (Å²) in [7, 11) is 0. The van der Waals surface area contributed by atoms with Crippen molar-refractivity contribution in [2.45, 2.75) is 51.4 Å². The van der Waals surface area contributed by atoms with Gasteiger partial charge < -0.3 is 4.98 Å². The topological polar surface area (TPSA) is 28.7 Å². The third-order valence-corrected chi connectivity index (χ3v) is 4.91. The van der Waals surface area contributed by atoms with Gasteiger partial charge >= 0.3 is 0 Å². The van der Waals surface area contributed by atoms with Crippen LogP contribution in [0.2, 0.25) is 5.02 Å². The number of hydrogen-bond acceptors (Lipinski definition) is 1. The van der Waals surface area contributed by atoms with Crippen molar-refractivity contribution in [3.05, 3.63) is 41.2 Å². The molecule has 0 unspecified atom stereocenters. The van der Waals surface area contributed by atoms with Crippen LogP contribution in [0.4, 0.5) is 0 Å². The summed E-state index contributed by atoms with van der Waals surface area (Å²) in [5.74, 6) is 2.40. The zero-order valence-electron chi connectivity index (χ0n) is 12.6. The lowest BCUT2D eigenvalue weighted by atomic mass is 9.82. The van der Waals surface area contributed by atoms with Crippen molar-refractivity contribution in [2.24, 2.45) is 5.92 Å². The quantitative estimate of drug-likeness (QED) is 0.759. The second kappa shape index (κ2) is 6.65. The molecule has 1 fully saturated rings. The van der Waals surface area contributed by atoms with Gasteiger partial charge in [-0.05, 0) is 42.5 Å². The number of imidazole rings is 1. The molecular formula is C18H23ClN2. The summed E-state index contributed by atoms with van der Waals surface area (Å²) < 4.78 is 0. The monoisotopic (exact) mass is 302 g/mol. The van der Waals surface area contributed by atoms with Gasteiger partial charge in [0.2, 0.25) is 0 Å². The molecule has 2 aromatic rings. The largest absolute Gasteiger partial charge is 0.342 e. The lowest BCUT2D eigenvalue weighted by molar-refractivity contribution is 0.321. The van der Waals surface area contributed by atoms with Crippen molar-refractivity contribution < 1.29 is 0 Å². The SMILES string of the molecule is C[C@H](CC1CCCCC1)c1cnc(-c2ccc(Cl)cc2)[nH]1. The van der Waals surface area contributed by atoms with Gasteiger partial charge in [-0.3, -0.25) is 0 Å². The number of nitrogens with zero attached hydrogens (tertiary/aromatic N) is 1. The molecule has 1 heterocycles. The van der Waals surface area contributed by atoms with Crippen LogP contribution in [0.15, 0.2) is 30.5 Å². The zero-order chi connectivity index (χ0) is 14.7. The summed E-state index contributed by atoms with van der Waals surface area (Å²) in [5, 5.41) is 0.760. The van der Waals surface area contributed by atoms with Gasteiger partial charge in [0, 0.05) is 22.5 Å². The van der Waals surface area contributed by atoms with Crippen LogP contribution in [-0.4, -0.2) is 9.97 Å². The van der Waals surface area contributed by atoms with E-state index in [2.05, 4.69) is 16.9 Å². The van der Waals surface area contributed by atoms with Crippen molar-refractivity contribution in [1.29, 1.82) is 0 Å². The molecule has 0 spiro atoms. The van der Waals surface area contributed by atoms with Crippen LogP contribution >= 0.6 is 11.6 Å². The fourth-order valence-electron chi connectivity index (χ4n) is 3.39. The standard InChI is InChI=1S/C18H23ClN2/c1-13(11-14-5-3-2-4-6-14)17-12-20-18(21-17)15-7-9-16(19)10-8-15/h7-10,12-14H,2-6,11H2,1H3,(H,20,21)/t13-/m1/s1.